The highest BCUT2D eigenvalue weighted by molar-refractivity contribution is 5.98. The van der Waals surface area contributed by atoms with Crippen LogP contribution in [0.15, 0.2) is 42.0 Å². The molecule has 0 radical (unpaired) electrons. The van der Waals surface area contributed by atoms with Crippen molar-refractivity contribution in [2.24, 2.45) is 5.73 Å². The molecule has 3 rings (SSSR count). The summed E-state index contributed by atoms with van der Waals surface area (Å²) < 4.78 is 6.03. The number of phenolic OH excluding ortho intramolecular Hbond substituents is 1. The van der Waals surface area contributed by atoms with Crippen molar-refractivity contribution in [2.75, 3.05) is 24.5 Å². The van der Waals surface area contributed by atoms with Crippen molar-refractivity contribution in [3.63, 3.8) is 0 Å². The number of aromatic hydroxyl groups is 1. The quantitative estimate of drug-likeness (QED) is 0.174. The number of benzene rings is 2. The lowest BCUT2D eigenvalue weighted by Gasteiger charge is -2.33. The molecule has 1 heterocycles. The van der Waals surface area contributed by atoms with Crippen LogP contribution in [0.1, 0.15) is 61.0 Å². The van der Waals surface area contributed by atoms with Gasteiger partial charge in [0.1, 0.15) is 29.0 Å². The molecule has 1 amide bonds. The molecule has 0 saturated carbocycles. The van der Waals surface area contributed by atoms with Crippen molar-refractivity contribution in [1.82, 2.24) is 4.90 Å². The standard InChI is InChI=1S/C29H35N5O7/c1-17(13-20-14-19(28(31)32)3-5-24(20)35)16-34(26(36)7-8-27(37)38)21-4-6-25(23(15-21)29(39)40)41-22-9-11-33(12-10-22)18(2)30/h3-6,13-15,22,30,35H,7-12,16H2,1-2H3,(H3,31,32)(H,37,38)(H,39,40). The summed E-state index contributed by atoms with van der Waals surface area (Å²) in [6, 6.07) is 8.81. The molecule has 0 aliphatic carbocycles. The zero-order valence-corrected chi connectivity index (χ0v) is 23.0. The monoisotopic (exact) mass is 565 g/mol. The van der Waals surface area contributed by atoms with E-state index in [-0.39, 0.29) is 47.7 Å². The van der Waals surface area contributed by atoms with Crippen LogP contribution < -0.4 is 15.4 Å². The second kappa shape index (κ2) is 13.5. The molecular weight excluding hydrogens is 530 g/mol. The number of anilines is 1. The summed E-state index contributed by atoms with van der Waals surface area (Å²) in [6.45, 7) is 4.65. The first-order chi connectivity index (χ1) is 19.3. The van der Waals surface area contributed by atoms with E-state index in [4.69, 9.17) is 26.4 Å². The number of nitrogens with zero attached hydrogens (tertiary/aromatic N) is 2. The Morgan fingerprint density at radius 2 is 1.76 bits per heavy atom. The molecule has 218 valence electrons. The number of carboxylic acid groups (broad SMARTS) is 2. The van der Waals surface area contributed by atoms with Gasteiger partial charge in [-0.15, -0.1) is 0 Å². The van der Waals surface area contributed by atoms with E-state index in [9.17, 15) is 24.6 Å². The molecule has 2 aromatic carbocycles. The van der Waals surface area contributed by atoms with Gasteiger partial charge in [-0.3, -0.25) is 20.4 Å². The Kier molecular flexibility index (Phi) is 10.1. The first-order valence-corrected chi connectivity index (χ1v) is 13.1. The highest BCUT2D eigenvalue weighted by Gasteiger charge is 2.25. The fourth-order valence-electron chi connectivity index (χ4n) is 4.51. The molecule has 7 N–H and O–H groups in total. The molecule has 12 heteroatoms. The van der Waals surface area contributed by atoms with Gasteiger partial charge in [-0.25, -0.2) is 4.79 Å². The molecule has 1 aliphatic heterocycles. The molecule has 41 heavy (non-hydrogen) atoms. The number of carbonyl (C=O) groups excluding carboxylic acids is 1. The minimum absolute atomic E-state index is 0.0249. The predicted octanol–water partition coefficient (Wildman–Crippen LogP) is 3.52. The van der Waals surface area contributed by atoms with Gasteiger partial charge in [0.25, 0.3) is 0 Å². The van der Waals surface area contributed by atoms with E-state index in [0.717, 1.165) is 0 Å². The molecule has 1 aliphatic rings. The van der Waals surface area contributed by atoms with Crippen LogP contribution in [-0.4, -0.2) is 75.5 Å². The second-order valence-corrected chi connectivity index (χ2v) is 9.93. The molecule has 0 bridgehead atoms. The van der Waals surface area contributed by atoms with Gasteiger partial charge in [-0.1, -0.05) is 11.6 Å². The van der Waals surface area contributed by atoms with Crippen LogP contribution in [0.2, 0.25) is 0 Å². The lowest BCUT2D eigenvalue weighted by atomic mass is 10.1. The number of phenols is 1. The maximum atomic E-state index is 13.2. The van der Waals surface area contributed by atoms with Crippen molar-refractivity contribution in [3.8, 4) is 11.5 Å². The molecule has 0 atom stereocenters. The van der Waals surface area contributed by atoms with Crippen molar-refractivity contribution in [3.05, 3.63) is 58.7 Å². The number of likely N-dealkylation sites (tertiary alicyclic amines) is 1. The number of nitrogen functional groups attached to an aromatic ring is 1. The zero-order chi connectivity index (χ0) is 30.3. The summed E-state index contributed by atoms with van der Waals surface area (Å²) in [7, 11) is 0. The molecule has 0 unspecified atom stereocenters. The van der Waals surface area contributed by atoms with E-state index in [1.807, 2.05) is 4.90 Å². The molecule has 12 nitrogen and oxygen atoms in total. The van der Waals surface area contributed by atoms with E-state index in [2.05, 4.69) is 0 Å². The third-order valence-corrected chi connectivity index (χ3v) is 6.72. The van der Waals surface area contributed by atoms with E-state index < -0.39 is 24.3 Å². The van der Waals surface area contributed by atoms with Gasteiger partial charge >= 0.3 is 11.9 Å². The van der Waals surface area contributed by atoms with Gasteiger partial charge < -0.3 is 35.6 Å². The van der Waals surface area contributed by atoms with Crippen LogP contribution >= 0.6 is 0 Å². The fourth-order valence-corrected chi connectivity index (χ4v) is 4.51. The number of amides is 1. The highest BCUT2D eigenvalue weighted by Crippen LogP contribution is 2.30. The van der Waals surface area contributed by atoms with Crippen LogP contribution in [0, 0.1) is 10.8 Å². The fraction of sp³-hybridized carbons (Fsp3) is 0.345. The van der Waals surface area contributed by atoms with Crippen LogP contribution in [0.3, 0.4) is 0 Å². The van der Waals surface area contributed by atoms with Crippen molar-refractivity contribution < 1.29 is 34.4 Å². The van der Waals surface area contributed by atoms with Crippen molar-refractivity contribution in [2.45, 2.75) is 45.6 Å². The minimum atomic E-state index is -1.24. The Hall–Kier alpha value is -4.87. The minimum Gasteiger partial charge on any atom is -0.507 e. The number of ether oxygens (including phenoxy) is 1. The van der Waals surface area contributed by atoms with Crippen LogP contribution in [0.5, 0.6) is 11.5 Å². The van der Waals surface area contributed by atoms with Crippen LogP contribution in [0.25, 0.3) is 6.08 Å². The molecule has 2 aromatic rings. The Morgan fingerprint density at radius 3 is 2.34 bits per heavy atom. The maximum Gasteiger partial charge on any atom is 0.339 e. The largest absolute Gasteiger partial charge is 0.507 e. The predicted molar refractivity (Wildman–Crippen MR) is 154 cm³/mol. The van der Waals surface area contributed by atoms with Gasteiger partial charge in [-0.05, 0) is 50.2 Å². The number of nitrogens with one attached hydrogen (secondary N) is 2. The summed E-state index contributed by atoms with van der Waals surface area (Å²) in [4.78, 5) is 39.7. The Balaban J connectivity index is 1.91. The topological polar surface area (TPSA) is 201 Å². The summed E-state index contributed by atoms with van der Waals surface area (Å²) in [6.07, 6.45) is 1.92. The SMILES string of the molecule is CC(=N)N1CCC(Oc2ccc(N(CC(C)=Cc3cc(C(=N)N)ccc3O)C(=O)CCC(=O)O)cc2C(=O)O)CC1. The molecule has 1 fully saturated rings. The normalized spacial score (nSPS) is 13.9. The number of hydrogen-bond donors (Lipinski definition) is 6. The van der Waals surface area contributed by atoms with Crippen LogP contribution in [-0.2, 0) is 9.59 Å². The van der Waals surface area contributed by atoms with Crippen LogP contribution in [0.4, 0.5) is 5.69 Å². The molecular formula is C29H35N5O7. The van der Waals surface area contributed by atoms with E-state index in [0.29, 0.717) is 48.5 Å². The molecule has 1 saturated heterocycles. The number of aliphatic carboxylic acids is 1. The summed E-state index contributed by atoms with van der Waals surface area (Å²) in [5, 5.41) is 44.7. The average Bonchev–Trinajstić information content (AvgIpc) is 2.92. The number of rotatable bonds is 11. The van der Waals surface area contributed by atoms with Gasteiger partial charge in [0.05, 0.1) is 12.3 Å². The number of aromatic carboxylic acids is 1. The summed E-state index contributed by atoms with van der Waals surface area (Å²) >= 11 is 0. The first-order valence-electron chi connectivity index (χ1n) is 13.1. The van der Waals surface area contributed by atoms with Gasteiger partial charge in [-0.2, -0.15) is 0 Å². The summed E-state index contributed by atoms with van der Waals surface area (Å²) in [5.41, 5.74) is 7.02. The third-order valence-electron chi connectivity index (χ3n) is 6.72. The molecule has 0 spiro atoms. The Bertz CT molecular complexity index is 1380. The number of nitrogens with two attached hydrogens (primary N) is 1. The Morgan fingerprint density at radius 1 is 1.07 bits per heavy atom. The number of carbonyl (C=O) groups is 3. The number of amidine groups is 2. The highest BCUT2D eigenvalue weighted by atomic mass is 16.5. The van der Waals surface area contributed by atoms with Crippen molar-refractivity contribution >= 4 is 41.3 Å². The smallest absolute Gasteiger partial charge is 0.339 e. The average molecular weight is 566 g/mol. The lowest BCUT2D eigenvalue weighted by molar-refractivity contribution is -0.138. The van der Waals surface area contributed by atoms with Gasteiger partial charge in [0.2, 0.25) is 5.91 Å². The second-order valence-electron chi connectivity index (χ2n) is 9.93. The number of carboxylic acids is 2. The van der Waals surface area contributed by atoms with E-state index in [1.54, 1.807) is 26.0 Å². The zero-order valence-electron chi connectivity index (χ0n) is 23.0. The van der Waals surface area contributed by atoms with Gasteiger partial charge in [0, 0.05) is 55.7 Å². The number of hydrogen-bond acceptors (Lipinski definition) is 7. The first kappa shape index (κ1) is 30.7. The maximum absolute atomic E-state index is 13.2. The third kappa shape index (κ3) is 8.31. The Labute approximate surface area is 237 Å². The number of piperidine rings is 1. The summed E-state index contributed by atoms with van der Waals surface area (Å²) in [5.74, 6) is -2.53. The van der Waals surface area contributed by atoms with Crippen molar-refractivity contribution in [1.29, 1.82) is 10.8 Å². The lowest BCUT2D eigenvalue weighted by Crippen LogP contribution is -2.40. The molecule has 0 aromatic heterocycles. The van der Waals surface area contributed by atoms with E-state index >= 15 is 0 Å². The van der Waals surface area contributed by atoms with E-state index in [1.165, 1.54) is 35.2 Å². The van der Waals surface area contributed by atoms with Gasteiger partial charge in [0.15, 0.2) is 0 Å².